The molecular formula is C22H18Cl2FN3O3S. The molecule has 1 heterocycles. The first-order chi connectivity index (χ1) is 15.2. The molecule has 0 aliphatic carbocycles. The van der Waals surface area contributed by atoms with Crippen molar-refractivity contribution in [2.24, 2.45) is 0 Å². The summed E-state index contributed by atoms with van der Waals surface area (Å²) in [6, 6.07) is 14.8. The molecule has 0 radical (unpaired) electrons. The van der Waals surface area contributed by atoms with Crippen LogP contribution in [0.5, 0.6) is 5.75 Å². The van der Waals surface area contributed by atoms with Crippen LogP contribution in [0.15, 0.2) is 71.8 Å². The monoisotopic (exact) mass is 493 g/mol. The van der Waals surface area contributed by atoms with Crippen molar-refractivity contribution in [1.82, 2.24) is 14.5 Å². The molecule has 0 fully saturated rings. The third kappa shape index (κ3) is 4.88. The third-order valence-corrected chi connectivity index (χ3v) is 6.76. The van der Waals surface area contributed by atoms with Crippen LogP contribution in [0.4, 0.5) is 4.39 Å². The van der Waals surface area contributed by atoms with Crippen LogP contribution >= 0.6 is 23.2 Å². The topological polar surface area (TPSA) is 73.2 Å². The van der Waals surface area contributed by atoms with E-state index in [1.165, 1.54) is 24.3 Å². The van der Waals surface area contributed by atoms with Crippen molar-refractivity contribution in [3.05, 3.63) is 82.7 Å². The zero-order valence-electron chi connectivity index (χ0n) is 16.8. The smallest absolute Gasteiger partial charge is 0.240 e. The van der Waals surface area contributed by atoms with Crippen molar-refractivity contribution in [1.29, 1.82) is 0 Å². The maximum absolute atomic E-state index is 13.2. The predicted molar refractivity (Wildman–Crippen MR) is 123 cm³/mol. The maximum Gasteiger partial charge on any atom is 0.240 e. The van der Waals surface area contributed by atoms with Gasteiger partial charge in [-0.2, -0.15) is 5.10 Å². The summed E-state index contributed by atoms with van der Waals surface area (Å²) in [5, 5.41) is 5.77. The number of rotatable bonds is 7. The Morgan fingerprint density at radius 3 is 2.59 bits per heavy atom. The normalized spacial score (nSPS) is 12.8. The van der Waals surface area contributed by atoms with Crippen molar-refractivity contribution in [3.8, 4) is 11.4 Å². The van der Waals surface area contributed by atoms with Crippen molar-refractivity contribution in [3.63, 3.8) is 0 Å². The number of hydrogen-bond donors (Lipinski definition) is 1. The fourth-order valence-electron chi connectivity index (χ4n) is 3.14. The van der Waals surface area contributed by atoms with E-state index in [-0.39, 0.29) is 17.3 Å². The molecule has 4 aromatic rings. The van der Waals surface area contributed by atoms with E-state index in [1.807, 2.05) is 0 Å². The quantitative estimate of drug-likeness (QED) is 0.383. The van der Waals surface area contributed by atoms with Gasteiger partial charge in [0.2, 0.25) is 10.0 Å². The van der Waals surface area contributed by atoms with Gasteiger partial charge >= 0.3 is 0 Å². The fourth-order valence-corrected chi connectivity index (χ4v) is 4.88. The van der Waals surface area contributed by atoms with Crippen LogP contribution in [0.1, 0.15) is 6.92 Å². The Morgan fingerprint density at radius 1 is 1.12 bits per heavy atom. The van der Waals surface area contributed by atoms with Gasteiger partial charge in [-0.1, -0.05) is 29.3 Å². The van der Waals surface area contributed by atoms with E-state index in [2.05, 4.69) is 9.82 Å². The van der Waals surface area contributed by atoms with Gasteiger partial charge in [0.25, 0.3) is 0 Å². The average Bonchev–Trinajstić information content (AvgIpc) is 3.15. The maximum atomic E-state index is 13.2. The van der Waals surface area contributed by atoms with Gasteiger partial charge in [0.05, 0.1) is 33.4 Å². The van der Waals surface area contributed by atoms with Gasteiger partial charge in [-0.3, -0.25) is 0 Å². The second-order valence-electron chi connectivity index (χ2n) is 7.16. The van der Waals surface area contributed by atoms with E-state index < -0.39 is 16.1 Å². The summed E-state index contributed by atoms with van der Waals surface area (Å²) in [7, 11) is -3.75. The molecule has 0 unspecified atom stereocenters. The summed E-state index contributed by atoms with van der Waals surface area (Å²) in [5.74, 6) is 0.0608. The first-order valence-electron chi connectivity index (χ1n) is 9.57. The Kier molecular flexibility index (Phi) is 6.39. The van der Waals surface area contributed by atoms with Gasteiger partial charge in [-0.15, -0.1) is 0 Å². The van der Waals surface area contributed by atoms with Gasteiger partial charge in [-0.25, -0.2) is 22.2 Å². The molecule has 0 aliphatic rings. The number of hydrogen-bond acceptors (Lipinski definition) is 4. The van der Waals surface area contributed by atoms with E-state index in [0.717, 1.165) is 10.9 Å². The summed E-state index contributed by atoms with van der Waals surface area (Å²) < 4.78 is 48.2. The average molecular weight is 494 g/mol. The minimum atomic E-state index is -3.75. The SMILES string of the molecule is C[C@@H](COc1cc2cnn(-c3ccc(F)cc3)c2cc1Cl)NS(=O)(=O)c1cccc(Cl)c1. The van der Waals surface area contributed by atoms with Crippen LogP contribution in [0.2, 0.25) is 10.0 Å². The second-order valence-corrected chi connectivity index (χ2v) is 9.72. The lowest BCUT2D eigenvalue weighted by Gasteiger charge is -2.16. The van der Waals surface area contributed by atoms with Crippen LogP contribution in [0.25, 0.3) is 16.6 Å². The van der Waals surface area contributed by atoms with E-state index in [1.54, 1.807) is 54.2 Å². The molecule has 0 amide bonds. The minimum Gasteiger partial charge on any atom is -0.490 e. The molecule has 6 nitrogen and oxygen atoms in total. The van der Waals surface area contributed by atoms with Gasteiger partial charge in [-0.05, 0) is 61.5 Å². The standard InChI is InChI=1S/C22H18Cl2FN3O3S/c1-14(27-32(29,30)19-4-2-3-16(23)10-19)13-31-22-9-15-12-26-28(21(15)11-20(22)24)18-7-5-17(25)6-8-18/h2-12,14,27H,13H2,1H3/t14-/m0/s1. The lowest BCUT2D eigenvalue weighted by molar-refractivity contribution is 0.288. The largest absolute Gasteiger partial charge is 0.490 e. The molecule has 0 spiro atoms. The highest BCUT2D eigenvalue weighted by Gasteiger charge is 2.19. The summed E-state index contributed by atoms with van der Waals surface area (Å²) >= 11 is 12.3. The molecule has 1 atom stereocenters. The van der Waals surface area contributed by atoms with Crippen LogP contribution in [-0.4, -0.2) is 30.8 Å². The first-order valence-corrected chi connectivity index (χ1v) is 11.8. The number of halogens is 3. The van der Waals surface area contributed by atoms with Crippen molar-refractivity contribution < 1.29 is 17.5 Å². The molecule has 1 N–H and O–H groups in total. The molecule has 3 aromatic carbocycles. The molecular weight excluding hydrogens is 476 g/mol. The number of aromatic nitrogens is 2. The van der Waals surface area contributed by atoms with Crippen molar-refractivity contribution in [2.45, 2.75) is 17.9 Å². The Labute approximate surface area is 194 Å². The third-order valence-electron chi connectivity index (χ3n) is 4.64. The second kappa shape index (κ2) is 9.07. The van der Waals surface area contributed by atoms with Crippen LogP contribution in [0, 0.1) is 5.82 Å². The number of nitrogens with zero attached hydrogens (tertiary/aromatic N) is 2. The highest BCUT2D eigenvalue weighted by Crippen LogP contribution is 2.31. The van der Waals surface area contributed by atoms with E-state index >= 15 is 0 Å². The van der Waals surface area contributed by atoms with Crippen LogP contribution < -0.4 is 9.46 Å². The highest BCUT2D eigenvalue weighted by molar-refractivity contribution is 7.89. The molecule has 0 saturated heterocycles. The molecule has 4 rings (SSSR count). The summed E-state index contributed by atoms with van der Waals surface area (Å²) in [6.07, 6.45) is 1.65. The Hall–Kier alpha value is -2.65. The van der Waals surface area contributed by atoms with Gasteiger partial charge in [0.15, 0.2) is 0 Å². The van der Waals surface area contributed by atoms with Crippen LogP contribution in [0.3, 0.4) is 0 Å². The molecule has 10 heteroatoms. The molecule has 1 aromatic heterocycles. The number of sulfonamides is 1. The molecule has 0 aliphatic heterocycles. The Bertz CT molecular complexity index is 1380. The van der Waals surface area contributed by atoms with Gasteiger partial charge < -0.3 is 4.74 Å². The Balaban J connectivity index is 1.48. The molecule has 32 heavy (non-hydrogen) atoms. The number of nitrogens with one attached hydrogen (secondary N) is 1. The van der Waals surface area contributed by atoms with E-state index in [9.17, 15) is 12.8 Å². The number of benzene rings is 3. The van der Waals surface area contributed by atoms with Gasteiger partial charge in [0.1, 0.15) is 18.2 Å². The molecule has 0 saturated carbocycles. The number of ether oxygens (including phenoxy) is 1. The fraction of sp³-hybridized carbons (Fsp3) is 0.136. The number of fused-ring (bicyclic) bond motifs is 1. The zero-order valence-corrected chi connectivity index (χ0v) is 19.1. The minimum absolute atomic E-state index is 0.0527. The van der Waals surface area contributed by atoms with Crippen LogP contribution in [-0.2, 0) is 10.0 Å². The Morgan fingerprint density at radius 2 is 1.88 bits per heavy atom. The predicted octanol–water partition coefficient (Wildman–Crippen LogP) is 5.22. The van der Waals surface area contributed by atoms with Crippen molar-refractivity contribution in [2.75, 3.05) is 6.61 Å². The van der Waals surface area contributed by atoms with Gasteiger partial charge in [0, 0.05) is 10.4 Å². The van der Waals surface area contributed by atoms with E-state index in [0.29, 0.717) is 21.5 Å². The van der Waals surface area contributed by atoms with E-state index in [4.69, 9.17) is 27.9 Å². The summed E-state index contributed by atoms with van der Waals surface area (Å²) in [4.78, 5) is 0.0736. The molecule has 166 valence electrons. The highest BCUT2D eigenvalue weighted by atomic mass is 35.5. The lowest BCUT2D eigenvalue weighted by Crippen LogP contribution is -2.36. The summed E-state index contributed by atoms with van der Waals surface area (Å²) in [6.45, 7) is 1.73. The first kappa shape index (κ1) is 22.5. The zero-order chi connectivity index (χ0) is 22.9. The summed E-state index contributed by atoms with van der Waals surface area (Å²) in [5.41, 5.74) is 1.42. The molecule has 0 bridgehead atoms. The van der Waals surface area contributed by atoms with Crippen molar-refractivity contribution >= 4 is 44.1 Å². The lowest BCUT2D eigenvalue weighted by atomic mass is 10.2.